The van der Waals surface area contributed by atoms with Crippen molar-refractivity contribution in [2.24, 2.45) is 5.73 Å². The van der Waals surface area contributed by atoms with E-state index in [9.17, 15) is 9.59 Å². The fraction of sp³-hybridized carbons (Fsp3) is 0.238. The number of carbonyl (C=O) groups is 2. The summed E-state index contributed by atoms with van der Waals surface area (Å²) >= 11 is 1.30. The maximum absolute atomic E-state index is 12.7. The lowest BCUT2D eigenvalue weighted by atomic mass is 10.0. The van der Waals surface area contributed by atoms with E-state index in [2.05, 4.69) is 15.3 Å². The Bertz CT molecular complexity index is 971. The van der Waals surface area contributed by atoms with Crippen molar-refractivity contribution in [2.45, 2.75) is 13.0 Å². The third kappa shape index (κ3) is 5.54. The summed E-state index contributed by atoms with van der Waals surface area (Å²) in [5.74, 6) is -0.724. The van der Waals surface area contributed by atoms with Crippen molar-refractivity contribution in [1.29, 1.82) is 0 Å². The van der Waals surface area contributed by atoms with Crippen molar-refractivity contribution in [2.75, 3.05) is 20.3 Å². The van der Waals surface area contributed by atoms with Crippen LogP contribution in [0.2, 0.25) is 0 Å². The number of ether oxygens (including phenoxy) is 1. The molecule has 0 unspecified atom stereocenters. The van der Waals surface area contributed by atoms with Crippen LogP contribution >= 0.6 is 11.3 Å². The first kappa shape index (κ1) is 20.8. The summed E-state index contributed by atoms with van der Waals surface area (Å²) in [5, 5.41) is 3.90. The zero-order valence-corrected chi connectivity index (χ0v) is 16.9. The number of carbonyl (C=O) groups excluding carboxylic acids is 2. The fourth-order valence-corrected chi connectivity index (χ4v) is 3.82. The molecule has 8 heteroatoms. The second-order valence-electron chi connectivity index (χ2n) is 6.36. The number of aromatic nitrogens is 2. The second-order valence-corrected chi connectivity index (χ2v) is 7.44. The molecule has 0 aliphatic carbocycles. The number of rotatable bonds is 10. The number of methoxy groups -OCH3 is 1. The van der Waals surface area contributed by atoms with Crippen LogP contribution in [0.1, 0.15) is 31.3 Å². The van der Waals surface area contributed by atoms with E-state index in [1.165, 1.54) is 11.3 Å². The molecule has 0 spiro atoms. The van der Waals surface area contributed by atoms with Gasteiger partial charge in [0.25, 0.3) is 5.91 Å². The largest absolute Gasteiger partial charge is 0.383 e. The molecule has 1 amide bonds. The number of benzene rings is 1. The molecule has 2 heterocycles. The summed E-state index contributed by atoms with van der Waals surface area (Å²) in [6.45, 7) is 2.11. The molecule has 3 rings (SSSR count). The van der Waals surface area contributed by atoms with Gasteiger partial charge in [-0.3, -0.25) is 14.6 Å². The monoisotopic (exact) mass is 410 g/mol. The fourth-order valence-electron chi connectivity index (χ4n) is 2.75. The molecule has 0 bridgehead atoms. The molecular weight excluding hydrogens is 388 g/mol. The molecule has 29 heavy (non-hydrogen) atoms. The van der Waals surface area contributed by atoms with Crippen LogP contribution in [0, 0.1) is 0 Å². The highest BCUT2D eigenvalue weighted by molar-refractivity contribution is 7.15. The third-order valence-corrected chi connectivity index (χ3v) is 5.37. The lowest BCUT2D eigenvalue weighted by Gasteiger charge is -2.05. The van der Waals surface area contributed by atoms with E-state index >= 15 is 0 Å². The average Bonchev–Trinajstić information content (AvgIpc) is 3.16. The van der Waals surface area contributed by atoms with Gasteiger partial charge in [0.2, 0.25) is 0 Å². The predicted molar refractivity (Wildman–Crippen MR) is 112 cm³/mol. The molecule has 2 aromatic heterocycles. The molecule has 3 N–H and O–H groups in total. The Hall–Kier alpha value is -2.94. The van der Waals surface area contributed by atoms with Gasteiger partial charge in [0.05, 0.1) is 6.61 Å². The van der Waals surface area contributed by atoms with Gasteiger partial charge in [-0.1, -0.05) is 24.3 Å². The van der Waals surface area contributed by atoms with Gasteiger partial charge in [0.1, 0.15) is 10.7 Å². The number of Topliss-reactive ketones (excluding diaryl/α,β-unsaturated/α-hetero) is 1. The molecule has 0 aliphatic rings. The second kappa shape index (κ2) is 10.0. The molecule has 1 aromatic carbocycles. The molecule has 150 valence electrons. The van der Waals surface area contributed by atoms with Gasteiger partial charge < -0.3 is 15.8 Å². The number of primary amides is 1. The average molecular weight is 410 g/mol. The van der Waals surface area contributed by atoms with Crippen LogP contribution in [0.4, 0.5) is 0 Å². The Morgan fingerprint density at radius 3 is 2.52 bits per heavy atom. The lowest BCUT2D eigenvalue weighted by molar-refractivity contribution is 0.0991. The highest BCUT2D eigenvalue weighted by atomic mass is 32.1. The minimum Gasteiger partial charge on any atom is -0.383 e. The predicted octanol–water partition coefficient (Wildman–Crippen LogP) is 2.47. The van der Waals surface area contributed by atoms with Crippen LogP contribution in [-0.4, -0.2) is 41.9 Å². The normalized spacial score (nSPS) is 10.8. The number of nitrogens with zero attached hydrogens (tertiary/aromatic N) is 2. The summed E-state index contributed by atoms with van der Waals surface area (Å²) in [5.41, 5.74) is 8.11. The first-order chi connectivity index (χ1) is 14.1. The van der Waals surface area contributed by atoms with Gasteiger partial charge in [-0.25, -0.2) is 4.98 Å². The standard InChI is InChI=1S/C21H22N4O3S/c1-28-11-10-24-13-14-2-4-15(5-3-14)17(26)12-18-19(20(22)27)25-21(29-18)16-6-8-23-9-7-16/h2-9,24H,10-13H2,1H3,(H2,22,27). The van der Waals surface area contributed by atoms with Crippen LogP contribution in [-0.2, 0) is 17.7 Å². The number of amides is 1. The third-order valence-electron chi connectivity index (χ3n) is 4.27. The topological polar surface area (TPSA) is 107 Å². The van der Waals surface area contributed by atoms with E-state index in [1.54, 1.807) is 43.8 Å². The number of pyridine rings is 1. The zero-order chi connectivity index (χ0) is 20.6. The molecule has 0 radical (unpaired) electrons. The lowest BCUT2D eigenvalue weighted by Crippen LogP contribution is -2.18. The van der Waals surface area contributed by atoms with Crippen molar-refractivity contribution >= 4 is 23.0 Å². The molecule has 0 fully saturated rings. The van der Waals surface area contributed by atoms with Gasteiger partial charge >= 0.3 is 0 Å². The van der Waals surface area contributed by atoms with Crippen LogP contribution in [0.25, 0.3) is 10.6 Å². The van der Waals surface area contributed by atoms with Crippen molar-refractivity contribution in [3.63, 3.8) is 0 Å². The van der Waals surface area contributed by atoms with Gasteiger partial charge in [-0.2, -0.15) is 0 Å². The van der Waals surface area contributed by atoms with Crippen molar-refractivity contribution in [1.82, 2.24) is 15.3 Å². The van der Waals surface area contributed by atoms with Crippen LogP contribution in [0.5, 0.6) is 0 Å². The summed E-state index contributed by atoms with van der Waals surface area (Å²) in [6, 6.07) is 11.0. The van der Waals surface area contributed by atoms with Gasteiger partial charge in [0, 0.05) is 55.0 Å². The number of thiazole rings is 1. The Morgan fingerprint density at radius 2 is 1.86 bits per heavy atom. The maximum Gasteiger partial charge on any atom is 0.268 e. The van der Waals surface area contributed by atoms with E-state index in [4.69, 9.17) is 10.5 Å². The van der Waals surface area contributed by atoms with Crippen molar-refractivity contribution < 1.29 is 14.3 Å². The van der Waals surface area contributed by atoms with E-state index < -0.39 is 5.91 Å². The molecular formula is C21H22N4O3S. The first-order valence-electron chi connectivity index (χ1n) is 9.10. The van der Waals surface area contributed by atoms with E-state index in [-0.39, 0.29) is 17.9 Å². The van der Waals surface area contributed by atoms with Crippen molar-refractivity contribution in [3.05, 3.63) is 70.5 Å². The first-order valence-corrected chi connectivity index (χ1v) is 9.92. The zero-order valence-electron chi connectivity index (χ0n) is 16.1. The van der Waals surface area contributed by atoms with Crippen molar-refractivity contribution in [3.8, 4) is 10.6 Å². The number of nitrogens with two attached hydrogens (primary N) is 1. The summed E-state index contributed by atoms with van der Waals surface area (Å²) < 4.78 is 5.00. The van der Waals surface area contributed by atoms with Gasteiger partial charge in [-0.15, -0.1) is 11.3 Å². The Labute approximate surface area is 173 Å². The quantitative estimate of drug-likeness (QED) is 0.393. The molecule has 0 saturated heterocycles. The van der Waals surface area contributed by atoms with E-state index in [0.29, 0.717) is 28.6 Å². The Balaban J connectivity index is 1.71. The van der Waals surface area contributed by atoms with Gasteiger partial charge in [0.15, 0.2) is 5.78 Å². The minimum atomic E-state index is -0.637. The Kier molecular flexibility index (Phi) is 7.18. The molecule has 0 atom stereocenters. The minimum absolute atomic E-state index is 0.0759. The molecule has 7 nitrogen and oxygen atoms in total. The highest BCUT2D eigenvalue weighted by Crippen LogP contribution is 2.28. The van der Waals surface area contributed by atoms with Crippen LogP contribution in [0.3, 0.4) is 0 Å². The van der Waals surface area contributed by atoms with Gasteiger partial charge in [-0.05, 0) is 17.7 Å². The SMILES string of the molecule is COCCNCc1ccc(C(=O)Cc2sc(-c3ccncc3)nc2C(N)=O)cc1. The van der Waals surface area contributed by atoms with E-state index in [1.807, 2.05) is 12.1 Å². The summed E-state index contributed by atoms with van der Waals surface area (Å²) in [6.07, 6.45) is 3.38. The summed E-state index contributed by atoms with van der Waals surface area (Å²) in [4.78, 5) is 33.4. The van der Waals surface area contributed by atoms with Crippen LogP contribution < -0.4 is 11.1 Å². The highest BCUT2D eigenvalue weighted by Gasteiger charge is 2.20. The Morgan fingerprint density at radius 1 is 1.14 bits per heavy atom. The number of ketones is 1. The number of hydrogen-bond donors (Lipinski definition) is 2. The number of nitrogens with one attached hydrogen (secondary N) is 1. The molecule has 0 saturated carbocycles. The smallest absolute Gasteiger partial charge is 0.268 e. The molecule has 0 aliphatic heterocycles. The molecule has 3 aromatic rings. The van der Waals surface area contributed by atoms with E-state index in [0.717, 1.165) is 17.7 Å². The number of hydrogen-bond acceptors (Lipinski definition) is 7. The summed E-state index contributed by atoms with van der Waals surface area (Å²) in [7, 11) is 1.66. The van der Waals surface area contributed by atoms with Crippen LogP contribution in [0.15, 0.2) is 48.8 Å². The maximum atomic E-state index is 12.7.